The van der Waals surface area contributed by atoms with Gasteiger partial charge in [-0.2, -0.15) is 0 Å². The molecule has 1 aromatic heterocycles. The number of halogens is 1. The summed E-state index contributed by atoms with van der Waals surface area (Å²) in [6.45, 7) is 0.878. The summed E-state index contributed by atoms with van der Waals surface area (Å²) in [6.07, 6.45) is 3.04. The lowest BCUT2D eigenvalue weighted by Crippen LogP contribution is -2.44. The first-order valence-corrected chi connectivity index (χ1v) is 11.9. The van der Waals surface area contributed by atoms with Crippen LogP contribution in [-0.2, 0) is 19.6 Å². The van der Waals surface area contributed by atoms with E-state index < -0.39 is 10.0 Å². The molecule has 1 aliphatic rings. The predicted octanol–water partition coefficient (Wildman–Crippen LogP) is 2.39. The van der Waals surface area contributed by atoms with Gasteiger partial charge in [-0.1, -0.05) is 18.2 Å². The second kappa shape index (κ2) is 10.1. The summed E-state index contributed by atoms with van der Waals surface area (Å²) in [4.78, 5) is 31.0. The molecule has 1 saturated heterocycles. The van der Waals surface area contributed by atoms with E-state index in [-0.39, 0.29) is 35.6 Å². The Morgan fingerprint density at radius 1 is 1.17 bits per heavy atom. The second-order valence-corrected chi connectivity index (χ2v) is 9.67. The van der Waals surface area contributed by atoms with Crippen LogP contribution in [0.3, 0.4) is 0 Å². The van der Waals surface area contributed by atoms with E-state index in [1.54, 1.807) is 41.4 Å². The maximum Gasteiger partial charge on any atom is 0.240 e. The van der Waals surface area contributed by atoms with Gasteiger partial charge in [0.05, 0.1) is 10.8 Å². The van der Waals surface area contributed by atoms with Gasteiger partial charge < -0.3 is 10.2 Å². The smallest absolute Gasteiger partial charge is 0.240 e. The molecule has 1 unspecified atom stereocenters. The minimum atomic E-state index is -3.64. The van der Waals surface area contributed by atoms with E-state index >= 15 is 0 Å². The summed E-state index contributed by atoms with van der Waals surface area (Å²) in [5.74, 6) is -0.215. The average Bonchev–Trinajstić information content (AvgIpc) is 2.76. The van der Waals surface area contributed by atoms with Crippen molar-refractivity contribution in [2.75, 3.05) is 25.0 Å². The molecule has 2 aromatic rings. The summed E-state index contributed by atoms with van der Waals surface area (Å²) >= 11 is 3.30. The first-order chi connectivity index (χ1) is 14.3. The highest BCUT2D eigenvalue weighted by Gasteiger charge is 2.28. The molecule has 0 aliphatic carbocycles. The van der Waals surface area contributed by atoms with Crippen molar-refractivity contribution in [1.82, 2.24) is 14.6 Å². The van der Waals surface area contributed by atoms with Gasteiger partial charge in [0.25, 0.3) is 0 Å². The molecule has 2 amide bonds. The fourth-order valence-corrected chi connectivity index (χ4v) is 4.52. The van der Waals surface area contributed by atoms with Crippen molar-refractivity contribution < 1.29 is 18.0 Å². The third-order valence-corrected chi connectivity index (χ3v) is 6.75. The zero-order valence-electron chi connectivity index (χ0n) is 16.3. The number of hydrogen-bond acceptors (Lipinski definition) is 5. The summed E-state index contributed by atoms with van der Waals surface area (Å²) in [5, 5.41) is 2.78. The number of amides is 2. The lowest BCUT2D eigenvalue weighted by molar-refractivity contribution is -0.134. The van der Waals surface area contributed by atoms with Gasteiger partial charge in [0.1, 0.15) is 5.82 Å². The third-order valence-electron chi connectivity index (χ3n) is 4.81. The first-order valence-electron chi connectivity index (χ1n) is 9.60. The normalized spacial score (nSPS) is 16.8. The first kappa shape index (κ1) is 22.4. The van der Waals surface area contributed by atoms with E-state index in [0.29, 0.717) is 31.7 Å². The van der Waals surface area contributed by atoms with E-state index in [4.69, 9.17) is 0 Å². The highest BCUT2D eigenvalue weighted by Crippen LogP contribution is 2.19. The Hall–Kier alpha value is -2.30. The van der Waals surface area contributed by atoms with Crippen LogP contribution in [0.4, 0.5) is 5.82 Å². The van der Waals surface area contributed by atoms with Crippen molar-refractivity contribution in [3.63, 3.8) is 0 Å². The number of aromatic nitrogens is 1. The number of carbonyl (C=O) groups is 2. The predicted molar refractivity (Wildman–Crippen MR) is 116 cm³/mol. The van der Waals surface area contributed by atoms with Crippen molar-refractivity contribution in [3.8, 4) is 0 Å². The topological polar surface area (TPSA) is 108 Å². The largest absolute Gasteiger partial charge is 0.342 e. The van der Waals surface area contributed by atoms with Gasteiger partial charge in [-0.15, -0.1) is 0 Å². The zero-order chi connectivity index (χ0) is 21.6. The monoisotopic (exact) mass is 494 g/mol. The fraction of sp³-hybridized carbons (Fsp3) is 0.350. The molecule has 1 aliphatic heterocycles. The molecule has 2 N–H and O–H groups in total. The summed E-state index contributed by atoms with van der Waals surface area (Å²) in [5.41, 5.74) is 0. The molecule has 10 heteroatoms. The number of benzene rings is 1. The highest BCUT2D eigenvalue weighted by molar-refractivity contribution is 9.10. The maximum atomic E-state index is 12.5. The number of pyridine rings is 1. The Labute approximate surface area is 184 Å². The summed E-state index contributed by atoms with van der Waals surface area (Å²) < 4.78 is 27.7. The van der Waals surface area contributed by atoms with Crippen LogP contribution in [0.25, 0.3) is 0 Å². The number of nitrogens with zero attached hydrogens (tertiary/aromatic N) is 2. The lowest BCUT2D eigenvalue weighted by atomic mass is 9.97. The van der Waals surface area contributed by atoms with Crippen molar-refractivity contribution >= 4 is 43.6 Å². The fourth-order valence-electron chi connectivity index (χ4n) is 3.23. The molecule has 0 radical (unpaired) electrons. The second-order valence-electron chi connectivity index (χ2n) is 6.99. The Morgan fingerprint density at radius 3 is 2.63 bits per heavy atom. The van der Waals surface area contributed by atoms with E-state index in [1.807, 2.05) is 0 Å². The Bertz CT molecular complexity index is 984. The number of piperidine rings is 1. The van der Waals surface area contributed by atoms with Gasteiger partial charge in [0, 0.05) is 36.7 Å². The highest BCUT2D eigenvalue weighted by atomic mass is 79.9. The molecule has 0 bridgehead atoms. The van der Waals surface area contributed by atoms with Crippen molar-refractivity contribution in [3.05, 3.63) is 53.1 Å². The average molecular weight is 495 g/mol. The van der Waals surface area contributed by atoms with Crippen LogP contribution in [0.2, 0.25) is 0 Å². The van der Waals surface area contributed by atoms with Gasteiger partial charge in [0.15, 0.2) is 0 Å². The third kappa shape index (κ3) is 6.10. The molecule has 30 heavy (non-hydrogen) atoms. The Kier molecular flexibility index (Phi) is 7.57. The SMILES string of the molecule is O=C(Nc1ccc(Br)cn1)C1CCCN(C(=O)CCNS(=O)(=O)c2ccccc2)C1. The molecular weight excluding hydrogens is 472 g/mol. The van der Waals surface area contributed by atoms with Gasteiger partial charge in [-0.3, -0.25) is 9.59 Å². The Morgan fingerprint density at radius 2 is 1.93 bits per heavy atom. The molecule has 1 fully saturated rings. The maximum absolute atomic E-state index is 12.5. The van der Waals surface area contributed by atoms with Gasteiger partial charge in [-0.05, 0) is 53.0 Å². The van der Waals surface area contributed by atoms with E-state index in [0.717, 1.165) is 4.47 Å². The van der Waals surface area contributed by atoms with Crippen LogP contribution in [-0.4, -0.2) is 49.8 Å². The quantitative estimate of drug-likeness (QED) is 0.614. The zero-order valence-corrected chi connectivity index (χ0v) is 18.7. The van der Waals surface area contributed by atoms with E-state index in [9.17, 15) is 18.0 Å². The number of rotatable bonds is 7. The molecule has 0 spiro atoms. The molecule has 2 heterocycles. The van der Waals surface area contributed by atoms with Gasteiger partial charge in [-0.25, -0.2) is 18.1 Å². The standard InChI is InChI=1S/C20H23BrN4O4S/c21-16-8-9-18(22-13-16)24-20(27)15-5-4-12-25(14-15)19(26)10-11-23-30(28,29)17-6-2-1-3-7-17/h1-3,6-9,13,15,23H,4-5,10-12,14H2,(H,22,24,27). The minimum absolute atomic E-state index is 0.00619. The number of nitrogens with one attached hydrogen (secondary N) is 2. The van der Waals surface area contributed by atoms with Crippen LogP contribution < -0.4 is 10.0 Å². The Balaban J connectivity index is 1.49. The number of sulfonamides is 1. The van der Waals surface area contributed by atoms with Gasteiger partial charge >= 0.3 is 0 Å². The number of carbonyl (C=O) groups excluding carboxylic acids is 2. The van der Waals surface area contributed by atoms with Crippen molar-refractivity contribution in [1.29, 1.82) is 0 Å². The molecule has 160 valence electrons. The van der Waals surface area contributed by atoms with Crippen LogP contribution in [0, 0.1) is 5.92 Å². The minimum Gasteiger partial charge on any atom is -0.342 e. The number of anilines is 1. The molecule has 8 nitrogen and oxygen atoms in total. The molecule has 0 saturated carbocycles. The van der Waals surface area contributed by atoms with Crippen molar-refractivity contribution in [2.24, 2.45) is 5.92 Å². The summed E-state index contributed by atoms with van der Waals surface area (Å²) in [6, 6.07) is 11.5. The van der Waals surface area contributed by atoms with E-state index in [2.05, 4.69) is 31.0 Å². The van der Waals surface area contributed by atoms with Crippen molar-refractivity contribution in [2.45, 2.75) is 24.2 Å². The van der Waals surface area contributed by atoms with Crippen LogP contribution >= 0.6 is 15.9 Å². The van der Waals surface area contributed by atoms with Crippen LogP contribution in [0.1, 0.15) is 19.3 Å². The lowest BCUT2D eigenvalue weighted by Gasteiger charge is -2.32. The van der Waals surface area contributed by atoms with E-state index in [1.165, 1.54) is 12.1 Å². The number of likely N-dealkylation sites (tertiary alicyclic amines) is 1. The van der Waals surface area contributed by atoms with Crippen LogP contribution in [0.5, 0.6) is 0 Å². The molecular formula is C20H23BrN4O4S. The van der Waals surface area contributed by atoms with Crippen LogP contribution in [0.15, 0.2) is 58.0 Å². The molecule has 1 atom stereocenters. The molecule has 3 rings (SSSR count). The number of hydrogen-bond donors (Lipinski definition) is 2. The van der Waals surface area contributed by atoms with Gasteiger partial charge in [0.2, 0.25) is 21.8 Å². The summed E-state index contributed by atoms with van der Waals surface area (Å²) in [7, 11) is -3.64. The molecule has 1 aromatic carbocycles.